The minimum Gasteiger partial charge on any atom is -0.487 e. The highest BCUT2D eigenvalue weighted by atomic mass is 16.5. The molecule has 0 aliphatic carbocycles. The maximum atomic E-state index is 12.7. The second-order valence-electron chi connectivity index (χ2n) is 8.43. The highest BCUT2D eigenvalue weighted by molar-refractivity contribution is 5.94. The van der Waals surface area contributed by atoms with Crippen molar-refractivity contribution in [2.75, 3.05) is 26.2 Å². The van der Waals surface area contributed by atoms with Gasteiger partial charge in [-0.05, 0) is 76.9 Å². The van der Waals surface area contributed by atoms with Crippen LogP contribution >= 0.6 is 0 Å². The van der Waals surface area contributed by atoms with Gasteiger partial charge in [0.25, 0.3) is 5.91 Å². The molecule has 2 aliphatic rings. The number of nitrogens with one attached hydrogen (secondary N) is 1. The Morgan fingerprint density at radius 2 is 1.79 bits per heavy atom. The van der Waals surface area contributed by atoms with Crippen LogP contribution in [0.4, 0.5) is 0 Å². The van der Waals surface area contributed by atoms with Crippen LogP contribution in [0.1, 0.15) is 66.1 Å². The summed E-state index contributed by atoms with van der Waals surface area (Å²) in [4.78, 5) is 14.5. The summed E-state index contributed by atoms with van der Waals surface area (Å²) in [5.41, 5.74) is 4.48. The first-order chi connectivity index (χ1) is 14.0. The van der Waals surface area contributed by atoms with E-state index in [9.17, 15) is 4.79 Å². The van der Waals surface area contributed by atoms with Crippen molar-refractivity contribution in [2.24, 2.45) is 0 Å². The number of amides is 1. The Morgan fingerprint density at radius 3 is 2.45 bits per heavy atom. The number of piperidine rings is 1. The molecule has 1 fully saturated rings. The van der Waals surface area contributed by atoms with Crippen molar-refractivity contribution in [3.05, 3.63) is 64.7 Å². The van der Waals surface area contributed by atoms with Gasteiger partial charge in [-0.15, -0.1) is 0 Å². The Labute approximate surface area is 174 Å². The Bertz CT molecular complexity index is 865. The number of rotatable bonds is 4. The lowest BCUT2D eigenvalue weighted by molar-refractivity contribution is 0.0114. The van der Waals surface area contributed by atoms with Crippen molar-refractivity contribution < 1.29 is 9.53 Å². The molecule has 1 saturated heterocycles. The lowest BCUT2D eigenvalue weighted by Crippen LogP contribution is -2.49. The lowest BCUT2D eigenvalue weighted by Gasteiger charge is -2.45. The average molecular weight is 393 g/mol. The zero-order valence-corrected chi connectivity index (χ0v) is 17.8. The fourth-order valence-corrected chi connectivity index (χ4v) is 4.83. The lowest BCUT2D eigenvalue weighted by atomic mass is 9.74. The molecular formula is C25H32N2O2. The Kier molecular flexibility index (Phi) is 5.64. The predicted molar refractivity (Wildman–Crippen MR) is 117 cm³/mol. The van der Waals surface area contributed by atoms with Gasteiger partial charge in [0.1, 0.15) is 11.4 Å². The molecule has 2 aromatic carbocycles. The van der Waals surface area contributed by atoms with Gasteiger partial charge >= 0.3 is 0 Å². The van der Waals surface area contributed by atoms with E-state index in [1.54, 1.807) is 0 Å². The summed E-state index contributed by atoms with van der Waals surface area (Å²) in [5.74, 6) is 1.44. The summed E-state index contributed by atoms with van der Waals surface area (Å²) in [5, 5.41) is 3.46. The molecule has 1 amide bonds. The van der Waals surface area contributed by atoms with E-state index in [0.717, 1.165) is 56.8 Å². The molecule has 2 aliphatic heterocycles. The molecule has 0 aromatic heterocycles. The Balaban J connectivity index is 1.67. The molecule has 29 heavy (non-hydrogen) atoms. The summed E-state index contributed by atoms with van der Waals surface area (Å²) in [6, 6.07) is 14.8. The van der Waals surface area contributed by atoms with Crippen LogP contribution < -0.4 is 10.1 Å². The first-order valence-electron chi connectivity index (χ1n) is 10.9. The molecular weight excluding hydrogens is 360 g/mol. The fourth-order valence-electron chi connectivity index (χ4n) is 4.83. The minimum absolute atomic E-state index is 0.0894. The van der Waals surface area contributed by atoms with E-state index < -0.39 is 0 Å². The summed E-state index contributed by atoms with van der Waals surface area (Å²) >= 11 is 0. The van der Waals surface area contributed by atoms with Gasteiger partial charge in [-0.2, -0.15) is 0 Å². The molecule has 0 bridgehead atoms. The molecule has 1 atom stereocenters. The highest BCUT2D eigenvalue weighted by Crippen LogP contribution is 2.47. The second kappa shape index (κ2) is 8.19. The zero-order valence-electron chi connectivity index (χ0n) is 17.8. The first-order valence-corrected chi connectivity index (χ1v) is 10.9. The van der Waals surface area contributed by atoms with Crippen molar-refractivity contribution in [3.8, 4) is 5.75 Å². The Hall–Kier alpha value is -2.33. The van der Waals surface area contributed by atoms with E-state index in [2.05, 4.69) is 42.6 Å². The highest BCUT2D eigenvalue weighted by Gasteiger charge is 2.42. The van der Waals surface area contributed by atoms with E-state index in [0.29, 0.717) is 5.92 Å². The van der Waals surface area contributed by atoms with Gasteiger partial charge in [0.2, 0.25) is 0 Å². The SMILES string of the molecule is CCN(CC)C(=O)c1ccc(C2CC3(CCNCC3)Oc3ccc(C)cc32)cc1. The maximum absolute atomic E-state index is 12.7. The number of carbonyl (C=O) groups excluding carboxylic acids is 1. The molecule has 4 heteroatoms. The van der Waals surface area contributed by atoms with Crippen LogP contribution in [0, 0.1) is 6.92 Å². The van der Waals surface area contributed by atoms with Crippen LogP contribution in [0.25, 0.3) is 0 Å². The Morgan fingerprint density at radius 1 is 1.10 bits per heavy atom. The van der Waals surface area contributed by atoms with Crippen molar-refractivity contribution in [3.63, 3.8) is 0 Å². The molecule has 4 nitrogen and oxygen atoms in total. The van der Waals surface area contributed by atoms with Crippen molar-refractivity contribution in [2.45, 2.75) is 51.6 Å². The smallest absolute Gasteiger partial charge is 0.253 e. The van der Waals surface area contributed by atoms with Crippen LogP contribution in [-0.2, 0) is 0 Å². The third kappa shape index (κ3) is 3.91. The number of nitrogens with zero attached hydrogens (tertiary/aromatic N) is 1. The number of hydrogen-bond acceptors (Lipinski definition) is 3. The molecule has 0 radical (unpaired) electrons. The minimum atomic E-state index is -0.0894. The summed E-state index contributed by atoms with van der Waals surface area (Å²) in [6.45, 7) is 9.67. The number of benzene rings is 2. The van der Waals surface area contributed by atoms with E-state index in [4.69, 9.17) is 4.74 Å². The number of aryl methyl sites for hydroxylation is 1. The molecule has 0 saturated carbocycles. The van der Waals surface area contributed by atoms with Crippen LogP contribution in [0.2, 0.25) is 0 Å². The normalized spacial score (nSPS) is 20.0. The van der Waals surface area contributed by atoms with Gasteiger partial charge in [0.15, 0.2) is 0 Å². The average Bonchev–Trinajstić information content (AvgIpc) is 2.75. The second-order valence-corrected chi connectivity index (χ2v) is 8.43. The van der Waals surface area contributed by atoms with Crippen LogP contribution in [0.3, 0.4) is 0 Å². The van der Waals surface area contributed by atoms with Gasteiger partial charge < -0.3 is 15.0 Å². The van der Waals surface area contributed by atoms with E-state index >= 15 is 0 Å². The zero-order chi connectivity index (χ0) is 20.4. The van der Waals surface area contributed by atoms with E-state index in [-0.39, 0.29) is 11.5 Å². The molecule has 2 heterocycles. The van der Waals surface area contributed by atoms with Gasteiger partial charge in [0.05, 0.1) is 0 Å². The van der Waals surface area contributed by atoms with Gasteiger partial charge in [-0.3, -0.25) is 4.79 Å². The summed E-state index contributed by atoms with van der Waals surface area (Å²) in [7, 11) is 0. The van der Waals surface area contributed by atoms with Crippen molar-refractivity contribution in [1.82, 2.24) is 10.2 Å². The van der Waals surface area contributed by atoms with Gasteiger partial charge in [-0.1, -0.05) is 29.8 Å². The topological polar surface area (TPSA) is 41.6 Å². The maximum Gasteiger partial charge on any atom is 0.253 e. The standard InChI is InChI=1S/C25H32N2O2/c1-4-27(5-2)24(28)20-9-7-19(8-10-20)22-17-25(12-14-26-15-13-25)29-23-11-6-18(3)16-21(22)23/h6-11,16,22,26H,4-5,12-15,17H2,1-3H3. The van der Waals surface area contributed by atoms with Crippen LogP contribution in [0.5, 0.6) is 5.75 Å². The molecule has 2 aromatic rings. The van der Waals surface area contributed by atoms with E-state index in [1.165, 1.54) is 16.7 Å². The van der Waals surface area contributed by atoms with Crippen molar-refractivity contribution >= 4 is 5.91 Å². The molecule has 1 unspecified atom stereocenters. The third-order valence-electron chi connectivity index (χ3n) is 6.57. The van der Waals surface area contributed by atoms with E-state index in [1.807, 2.05) is 30.9 Å². The molecule has 1 spiro atoms. The van der Waals surface area contributed by atoms with Crippen LogP contribution in [-0.4, -0.2) is 42.6 Å². The summed E-state index contributed by atoms with van der Waals surface area (Å²) < 4.78 is 6.59. The number of fused-ring (bicyclic) bond motifs is 1. The predicted octanol–water partition coefficient (Wildman–Crippen LogP) is 4.51. The monoisotopic (exact) mass is 392 g/mol. The third-order valence-corrected chi connectivity index (χ3v) is 6.57. The van der Waals surface area contributed by atoms with Crippen molar-refractivity contribution in [1.29, 1.82) is 0 Å². The summed E-state index contributed by atoms with van der Waals surface area (Å²) in [6.07, 6.45) is 3.07. The molecule has 154 valence electrons. The fraction of sp³-hybridized carbons (Fsp3) is 0.480. The quantitative estimate of drug-likeness (QED) is 0.832. The van der Waals surface area contributed by atoms with Crippen LogP contribution in [0.15, 0.2) is 42.5 Å². The van der Waals surface area contributed by atoms with Gasteiger partial charge in [-0.25, -0.2) is 0 Å². The van der Waals surface area contributed by atoms with Gasteiger partial charge in [0, 0.05) is 30.1 Å². The molecule has 1 N–H and O–H groups in total. The number of hydrogen-bond donors (Lipinski definition) is 1. The number of carbonyl (C=O) groups is 1. The number of ether oxygens (including phenoxy) is 1. The molecule has 4 rings (SSSR count). The largest absolute Gasteiger partial charge is 0.487 e. The first kappa shape index (κ1) is 20.0.